The van der Waals surface area contributed by atoms with Crippen LogP contribution in [-0.2, 0) is 4.74 Å². The molecular weight excluding hydrogens is 433 g/mol. The molecule has 1 atom stereocenters. The van der Waals surface area contributed by atoms with Gasteiger partial charge in [-0.3, -0.25) is 0 Å². The Morgan fingerprint density at radius 1 is 0.794 bits per heavy atom. The van der Waals surface area contributed by atoms with Gasteiger partial charge in [-0.1, -0.05) is 74.0 Å². The average Bonchev–Trinajstić information content (AvgIpc) is 3.71. The maximum absolute atomic E-state index is 14.9. The molecule has 1 nitrogen and oxygen atoms in total. The fraction of sp³-hybridized carbons (Fsp3) is 0.333. The molecule has 1 unspecified atom stereocenters. The number of hydrogen-bond donors (Lipinski definition) is 0. The SMILES string of the molecule is CCC1CCC(c2ccc(/C=C/c3ccc(-c4ccc(C5CO5)c(F)c4)cc3)c(F)c2F)CC1. The van der Waals surface area contributed by atoms with Gasteiger partial charge < -0.3 is 4.74 Å². The van der Waals surface area contributed by atoms with Crippen molar-refractivity contribution in [3.8, 4) is 11.1 Å². The molecule has 1 saturated heterocycles. The minimum atomic E-state index is -0.779. The van der Waals surface area contributed by atoms with Crippen LogP contribution in [0.4, 0.5) is 13.2 Å². The Morgan fingerprint density at radius 2 is 1.47 bits per heavy atom. The summed E-state index contributed by atoms with van der Waals surface area (Å²) in [7, 11) is 0. The predicted molar refractivity (Wildman–Crippen MR) is 131 cm³/mol. The fourth-order valence-corrected chi connectivity index (χ4v) is 5.07. The molecule has 1 aliphatic carbocycles. The molecule has 1 saturated carbocycles. The van der Waals surface area contributed by atoms with Crippen molar-refractivity contribution in [2.24, 2.45) is 5.92 Å². The fourth-order valence-electron chi connectivity index (χ4n) is 5.07. The van der Waals surface area contributed by atoms with E-state index in [2.05, 4.69) is 6.92 Å². The minimum Gasteiger partial charge on any atom is -0.368 e. The third-order valence-electron chi connectivity index (χ3n) is 7.39. The van der Waals surface area contributed by atoms with Gasteiger partial charge in [0.05, 0.1) is 6.61 Å². The first-order valence-corrected chi connectivity index (χ1v) is 12.2. The lowest BCUT2D eigenvalue weighted by Gasteiger charge is -2.28. The quantitative estimate of drug-likeness (QED) is 0.264. The van der Waals surface area contributed by atoms with Crippen molar-refractivity contribution in [1.82, 2.24) is 0 Å². The van der Waals surface area contributed by atoms with E-state index in [-0.39, 0.29) is 23.4 Å². The zero-order valence-corrected chi connectivity index (χ0v) is 19.4. The Kier molecular flexibility index (Phi) is 6.60. The smallest absolute Gasteiger partial charge is 0.166 e. The first-order chi connectivity index (χ1) is 16.5. The molecule has 2 aliphatic rings. The van der Waals surface area contributed by atoms with E-state index in [1.54, 1.807) is 30.4 Å². The van der Waals surface area contributed by atoms with Crippen LogP contribution in [0.15, 0.2) is 54.6 Å². The number of rotatable bonds is 6. The molecule has 3 aromatic carbocycles. The average molecular weight is 463 g/mol. The summed E-state index contributed by atoms with van der Waals surface area (Å²) in [6, 6.07) is 16.2. The summed E-state index contributed by atoms with van der Waals surface area (Å²) in [6.07, 6.45) is 8.45. The molecular formula is C30H29F3O. The molecule has 0 spiro atoms. The Morgan fingerprint density at radius 3 is 2.12 bits per heavy atom. The van der Waals surface area contributed by atoms with E-state index in [9.17, 15) is 13.2 Å². The van der Waals surface area contributed by atoms with Crippen LogP contribution in [-0.4, -0.2) is 6.61 Å². The normalized spacial score (nSPS) is 22.3. The standard InChI is InChI=1S/C30H29F3O/c1-2-19-3-10-22(11-4-19)25-15-13-23(29(32)30(25)33)12-7-20-5-8-21(9-6-20)24-14-16-26(27(31)17-24)28-18-34-28/h5-9,12-17,19,22,28H,2-4,10-11,18H2,1H3/b12-7+. The molecule has 4 heteroatoms. The zero-order valence-electron chi connectivity index (χ0n) is 19.4. The van der Waals surface area contributed by atoms with Crippen molar-refractivity contribution in [3.63, 3.8) is 0 Å². The zero-order chi connectivity index (χ0) is 23.7. The minimum absolute atomic E-state index is 0.110. The number of benzene rings is 3. The Bertz CT molecular complexity index is 1190. The second-order valence-electron chi connectivity index (χ2n) is 9.51. The molecule has 1 heterocycles. The van der Waals surface area contributed by atoms with Crippen molar-refractivity contribution in [1.29, 1.82) is 0 Å². The second kappa shape index (κ2) is 9.79. The van der Waals surface area contributed by atoms with Gasteiger partial charge in [-0.05, 0) is 65.8 Å². The van der Waals surface area contributed by atoms with Crippen LogP contribution in [0, 0.1) is 23.4 Å². The topological polar surface area (TPSA) is 12.5 Å². The van der Waals surface area contributed by atoms with E-state index in [0.717, 1.165) is 48.8 Å². The summed E-state index contributed by atoms with van der Waals surface area (Å²) in [5.41, 5.74) is 3.88. The molecule has 0 N–H and O–H groups in total. The van der Waals surface area contributed by atoms with Crippen molar-refractivity contribution >= 4 is 12.2 Å². The number of hydrogen-bond acceptors (Lipinski definition) is 1. The summed E-state index contributed by atoms with van der Waals surface area (Å²) >= 11 is 0. The molecule has 34 heavy (non-hydrogen) atoms. The van der Waals surface area contributed by atoms with Gasteiger partial charge in [0.25, 0.3) is 0 Å². The van der Waals surface area contributed by atoms with Crippen molar-refractivity contribution in [2.45, 2.75) is 51.0 Å². The van der Waals surface area contributed by atoms with E-state index in [1.807, 2.05) is 30.3 Å². The highest BCUT2D eigenvalue weighted by molar-refractivity contribution is 5.72. The third kappa shape index (κ3) is 4.83. The van der Waals surface area contributed by atoms with Crippen molar-refractivity contribution in [3.05, 3.63) is 94.3 Å². The first-order valence-electron chi connectivity index (χ1n) is 12.2. The molecule has 0 amide bonds. The molecule has 0 radical (unpaired) electrons. The maximum atomic E-state index is 14.9. The van der Waals surface area contributed by atoms with Gasteiger partial charge >= 0.3 is 0 Å². The number of halogens is 3. The van der Waals surface area contributed by atoms with Crippen LogP contribution in [0.5, 0.6) is 0 Å². The Hall–Kier alpha value is -2.85. The van der Waals surface area contributed by atoms with Crippen molar-refractivity contribution < 1.29 is 17.9 Å². The van der Waals surface area contributed by atoms with Gasteiger partial charge in [-0.25, -0.2) is 13.2 Å². The number of epoxide rings is 1. The van der Waals surface area contributed by atoms with Crippen LogP contribution in [0.3, 0.4) is 0 Å². The Labute approximate surface area is 199 Å². The van der Waals surface area contributed by atoms with E-state index >= 15 is 0 Å². The molecule has 0 aromatic heterocycles. The van der Waals surface area contributed by atoms with Gasteiger partial charge in [0.2, 0.25) is 0 Å². The third-order valence-corrected chi connectivity index (χ3v) is 7.39. The van der Waals surface area contributed by atoms with Gasteiger partial charge in [0.1, 0.15) is 11.9 Å². The van der Waals surface area contributed by atoms with Gasteiger partial charge in [0.15, 0.2) is 11.6 Å². The van der Waals surface area contributed by atoms with Gasteiger partial charge in [-0.15, -0.1) is 0 Å². The van der Waals surface area contributed by atoms with Crippen LogP contribution < -0.4 is 0 Å². The van der Waals surface area contributed by atoms with Crippen molar-refractivity contribution in [2.75, 3.05) is 6.61 Å². The lowest BCUT2D eigenvalue weighted by Crippen LogP contribution is -2.14. The second-order valence-corrected chi connectivity index (χ2v) is 9.51. The molecule has 5 rings (SSSR count). The lowest BCUT2D eigenvalue weighted by molar-refractivity contribution is 0.312. The largest absolute Gasteiger partial charge is 0.368 e. The summed E-state index contributed by atoms with van der Waals surface area (Å²) in [5.74, 6) is -0.923. The summed E-state index contributed by atoms with van der Waals surface area (Å²) < 4.78 is 49.1. The molecule has 0 bridgehead atoms. The maximum Gasteiger partial charge on any atom is 0.166 e. The van der Waals surface area contributed by atoms with Crippen LogP contribution >= 0.6 is 0 Å². The lowest BCUT2D eigenvalue weighted by atomic mass is 9.77. The van der Waals surface area contributed by atoms with E-state index in [0.29, 0.717) is 23.7 Å². The summed E-state index contributed by atoms with van der Waals surface area (Å²) in [5, 5.41) is 0. The Balaban J connectivity index is 1.28. The van der Waals surface area contributed by atoms with E-state index in [4.69, 9.17) is 4.74 Å². The van der Waals surface area contributed by atoms with E-state index < -0.39 is 11.6 Å². The number of ether oxygens (including phenoxy) is 1. The molecule has 2 fully saturated rings. The van der Waals surface area contributed by atoms with Crippen LogP contribution in [0.25, 0.3) is 23.3 Å². The van der Waals surface area contributed by atoms with Gasteiger partial charge in [-0.2, -0.15) is 0 Å². The highest BCUT2D eigenvalue weighted by atomic mass is 19.2. The van der Waals surface area contributed by atoms with Crippen LogP contribution in [0.1, 0.15) is 73.3 Å². The van der Waals surface area contributed by atoms with E-state index in [1.165, 1.54) is 6.07 Å². The highest BCUT2D eigenvalue weighted by Gasteiger charge is 2.28. The predicted octanol–water partition coefficient (Wildman–Crippen LogP) is 8.70. The summed E-state index contributed by atoms with van der Waals surface area (Å²) in [4.78, 5) is 0. The highest BCUT2D eigenvalue weighted by Crippen LogP contribution is 2.39. The monoisotopic (exact) mass is 462 g/mol. The molecule has 3 aromatic rings. The summed E-state index contributed by atoms with van der Waals surface area (Å²) in [6.45, 7) is 2.77. The van der Waals surface area contributed by atoms with Gasteiger partial charge in [0, 0.05) is 11.1 Å². The van der Waals surface area contributed by atoms with Crippen LogP contribution in [0.2, 0.25) is 0 Å². The molecule has 1 aliphatic heterocycles. The first kappa shape index (κ1) is 22.9. The molecule has 176 valence electrons.